The number of nitrogens with one attached hydrogen (secondary N) is 1. The maximum Gasteiger partial charge on any atom is 0.253 e. The second-order valence-electron chi connectivity index (χ2n) is 5.57. The first-order valence-corrected chi connectivity index (χ1v) is 9.48. The Bertz CT molecular complexity index is 866. The second kappa shape index (κ2) is 7.23. The summed E-state index contributed by atoms with van der Waals surface area (Å²) in [4.78, 5) is 12.4. The fourth-order valence-corrected chi connectivity index (χ4v) is 2.87. The van der Waals surface area contributed by atoms with Crippen LogP contribution in [0.15, 0.2) is 42.5 Å². The molecule has 0 bridgehead atoms. The Hall–Kier alpha value is -2.05. The van der Waals surface area contributed by atoms with Gasteiger partial charge in [-0.05, 0) is 30.7 Å². The van der Waals surface area contributed by atoms with E-state index >= 15 is 0 Å². The van der Waals surface area contributed by atoms with Crippen LogP contribution in [0.1, 0.15) is 21.5 Å². The van der Waals surface area contributed by atoms with E-state index in [0.717, 1.165) is 21.7 Å². The molecule has 0 spiro atoms. The quantitative estimate of drug-likeness (QED) is 0.884. The van der Waals surface area contributed by atoms with Gasteiger partial charge in [0.05, 0.1) is 22.5 Å². The first kappa shape index (κ1) is 18.3. The van der Waals surface area contributed by atoms with Crippen molar-refractivity contribution in [2.75, 3.05) is 17.6 Å². The van der Waals surface area contributed by atoms with Crippen molar-refractivity contribution >= 4 is 33.2 Å². The van der Waals surface area contributed by atoms with Crippen LogP contribution in [0.2, 0.25) is 5.02 Å². The molecule has 0 heterocycles. The third-order valence-corrected chi connectivity index (χ3v) is 5.13. The van der Waals surface area contributed by atoms with Crippen molar-refractivity contribution in [3.05, 3.63) is 64.2 Å². The highest BCUT2D eigenvalue weighted by molar-refractivity contribution is 7.92. The van der Waals surface area contributed by atoms with Crippen LogP contribution in [0.3, 0.4) is 0 Å². The molecule has 0 saturated heterocycles. The molecule has 1 N–H and O–H groups in total. The number of amides is 1. The zero-order valence-electron chi connectivity index (χ0n) is 13.7. The number of hydrogen-bond acceptors (Lipinski definition) is 3. The van der Waals surface area contributed by atoms with Crippen molar-refractivity contribution in [1.29, 1.82) is 0 Å². The Morgan fingerprint density at radius 3 is 2.54 bits per heavy atom. The van der Waals surface area contributed by atoms with Crippen LogP contribution in [0.25, 0.3) is 0 Å². The predicted octanol–water partition coefficient (Wildman–Crippen LogP) is 2.97. The molecule has 0 aliphatic rings. The van der Waals surface area contributed by atoms with E-state index < -0.39 is 10.0 Å². The molecule has 0 aromatic heterocycles. The minimum absolute atomic E-state index is 0.234. The van der Waals surface area contributed by atoms with E-state index in [1.807, 2.05) is 31.2 Å². The number of anilines is 1. The van der Waals surface area contributed by atoms with Crippen molar-refractivity contribution in [1.82, 2.24) is 5.32 Å². The Balaban J connectivity index is 2.19. The number of halogens is 1. The summed E-state index contributed by atoms with van der Waals surface area (Å²) in [6, 6.07) is 12.3. The van der Waals surface area contributed by atoms with Crippen molar-refractivity contribution in [3.63, 3.8) is 0 Å². The van der Waals surface area contributed by atoms with Gasteiger partial charge in [0, 0.05) is 13.6 Å². The number of benzene rings is 2. The highest BCUT2D eigenvalue weighted by Crippen LogP contribution is 2.24. The fraction of sp³-hybridized carbons (Fsp3) is 0.235. The minimum Gasteiger partial charge on any atom is -0.348 e. The van der Waals surface area contributed by atoms with Crippen LogP contribution in [-0.4, -0.2) is 27.6 Å². The van der Waals surface area contributed by atoms with E-state index in [0.29, 0.717) is 12.2 Å². The van der Waals surface area contributed by atoms with Gasteiger partial charge in [-0.3, -0.25) is 9.10 Å². The van der Waals surface area contributed by atoms with Crippen LogP contribution in [0.5, 0.6) is 0 Å². The zero-order chi connectivity index (χ0) is 17.9. The number of hydrogen-bond donors (Lipinski definition) is 1. The van der Waals surface area contributed by atoms with E-state index in [-0.39, 0.29) is 16.5 Å². The lowest BCUT2D eigenvalue weighted by atomic mass is 10.1. The third kappa shape index (κ3) is 4.49. The average Bonchev–Trinajstić information content (AvgIpc) is 2.51. The van der Waals surface area contributed by atoms with Gasteiger partial charge in [-0.25, -0.2) is 8.42 Å². The number of sulfonamides is 1. The number of carbonyl (C=O) groups is 1. The van der Waals surface area contributed by atoms with E-state index in [9.17, 15) is 13.2 Å². The number of rotatable bonds is 5. The monoisotopic (exact) mass is 366 g/mol. The van der Waals surface area contributed by atoms with Crippen LogP contribution in [0.4, 0.5) is 5.69 Å². The number of aryl methyl sites for hydroxylation is 1. The van der Waals surface area contributed by atoms with E-state index in [4.69, 9.17) is 11.6 Å². The molecule has 0 unspecified atom stereocenters. The van der Waals surface area contributed by atoms with Gasteiger partial charge in [0.2, 0.25) is 10.0 Å². The molecule has 2 rings (SSSR count). The first-order chi connectivity index (χ1) is 11.2. The molecule has 0 aliphatic carbocycles. The molecule has 7 heteroatoms. The summed E-state index contributed by atoms with van der Waals surface area (Å²) in [5, 5.41) is 3.06. The molecule has 0 radical (unpaired) electrons. The van der Waals surface area contributed by atoms with E-state index in [1.54, 1.807) is 6.07 Å². The van der Waals surface area contributed by atoms with Crippen molar-refractivity contribution < 1.29 is 13.2 Å². The summed E-state index contributed by atoms with van der Waals surface area (Å²) in [6.45, 7) is 2.34. The molecule has 128 valence electrons. The third-order valence-electron chi connectivity index (χ3n) is 3.59. The number of nitrogens with zero attached hydrogens (tertiary/aromatic N) is 1. The van der Waals surface area contributed by atoms with Gasteiger partial charge in [-0.2, -0.15) is 0 Å². The standard InChI is InChI=1S/C17H19ClN2O3S/c1-12-5-4-6-13(9-12)11-19-17(21)15-10-14(7-8-16(15)18)20(2)24(3,22)23/h4-10H,11H2,1-3H3,(H,19,21). The molecule has 0 aliphatic heterocycles. The predicted molar refractivity (Wildman–Crippen MR) is 97.0 cm³/mol. The van der Waals surface area contributed by atoms with Gasteiger partial charge in [0.1, 0.15) is 0 Å². The van der Waals surface area contributed by atoms with Crippen LogP contribution >= 0.6 is 11.6 Å². The van der Waals surface area contributed by atoms with E-state index in [2.05, 4.69) is 5.32 Å². The van der Waals surface area contributed by atoms with Crippen LogP contribution in [0, 0.1) is 6.92 Å². The Morgan fingerprint density at radius 2 is 1.92 bits per heavy atom. The van der Waals surface area contributed by atoms with Gasteiger partial charge >= 0.3 is 0 Å². The lowest BCUT2D eigenvalue weighted by Crippen LogP contribution is -2.26. The maximum atomic E-state index is 12.4. The summed E-state index contributed by atoms with van der Waals surface area (Å²) in [6.07, 6.45) is 1.10. The largest absolute Gasteiger partial charge is 0.348 e. The van der Waals surface area contributed by atoms with Crippen molar-refractivity contribution in [3.8, 4) is 0 Å². The van der Waals surface area contributed by atoms with Crippen LogP contribution < -0.4 is 9.62 Å². The summed E-state index contributed by atoms with van der Waals surface area (Å²) in [5.41, 5.74) is 2.69. The van der Waals surface area contributed by atoms with Gasteiger partial charge in [-0.15, -0.1) is 0 Å². The Labute approximate surface area is 147 Å². The first-order valence-electron chi connectivity index (χ1n) is 7.25. The normalized spacial score (nSPS) is 11.2. The van der Waals surface area contributed by atoms with Gasteiger partial charge < -0.3 is 5.32 Å². The van der Waals surface area contributed by atoms with Crippen molar-refractivity contribution in [2.24, 2.45) is 0 Å². The molecular weight excluding hydrogens is 348 g/mol. The molecule has 1 amide bonds. The SMILES string of the molecule is Cc1cccc(CNC(=O)c2cc(N(C)S(C)(=O)=O)ccc2Cl)c1. The zero-order valence-corrected chi connectivity index (χ0v) is 15.3. The second-order valence-corrected chi connectivity index (χ2v) is 7.99. The molecule has 2 aromatic rings. The van der Waals surface area contributed by atoms with Crippen LogP contribution in [-0.2, 0) is 16.6 Å². The number of carbonyl (C=O) groups excluding carboxylic acids is 1. The molecular formula is C17H19ClN2O3S. The lowest BCUT2D eigenvalue weighted by Gasteiger charge is -2.18. The molecule has 24 heavy (non-hydrogen) atoms. The highest BCUT2D eigenvalue weighted by atomic mass is 35.5. The molecule has 0 saturated carbocycles. The minimum atomic E-state index is -3.41. The summed E-state index contributed by atoms with van der Waals surface area (Å²) in [7, 11) is -1.99. The van der Waals surface area contributed by atoms with E-state index in [1.165, 1.54) is 19.2 Å². The highest BCUT2D eigenvalue weighted by Gasteiger charge is 2.16. The smallest absolute Gasteiger partial charge is 0.253 e. The molecule has 2 aromatic carbocycles. The van der Waals surface area contributed by atoms with Gasteiger partial charge in [0.15, 0.2) is 0 Å². The Morgan fingerprint density at radius 1 is 1.21 bits per heavy atom. The van der Waals surface area contributed by atoms with Gasteiger partial charge in [-0.1, -0.05) is 41.4 Å². The summed E-state index contributed by atoms with van der Waals surface area (Å²) >= 11 is 6.09. The lowest BCUT2D eigenvalue weighted by molar-refractivity contribution is 0.0951. The molecule has 5 nitrogen and oxygen atoms in total. The molecule has 0 atom stereocenters. The maximum absolute atomic E-state index is 12.4. The molecule has 0 fully saturated rings. The fourth-order valence-electron chi connectivity index (χ4n) is 2.17. The van der Waals surface area contributed by atoms with Crippen molar-refractivity contribution in [2.45, 2.75) is 13.5 Å². The summed E-state index contributed by atoms with van der Waals surface area (Å²) in [5.74, 6) is -0.356. The topological polar surface area (TPSA) is 66.5 Å². The Kier molecular flexibility index (Phi) is 5.51. The van der Waals surface area contributed by atoms with Gasteiger partial charge in [0.25, 0.3) is 5.91 Å². The average molecular weight is 367 g/mol. The summed E-state index contributed by atoms with van der Waals surface area (Å²) < 4.78 is 24.4.